The second-order valence-electron chi connectivity index (χ2n) is 4.41. The van der Waals surface area contributed by atoms with Crippen LogP contribution >= 0.6 is 0 Å². The number of carbonyl (C=O) groups excluding carboxylic acids is 1. The molecule has 0 bridgehead atoms. The van der Waals surface area contributed by atoms with Crippen LogP contribution in [0.1, 0.15) is 6.23 Å². The summed E-state index contributed by atoms with van der Waals surface area (Å²) in [6.45, 7) is -0.463. The number of aliphatic hydroxyl groups excluding tert-OH is 2. The number of carbonyl (C=O) groups is 1. The summed E-state index contributed by atoms with van der Waals surface area (Å²) >= 11 is 0. The molecule has 10 nitrogen and oxygen atoms in total. The zero-order valence-corrected chi connectivity index (χ0v) is 11.1. The Bertz CT molecular complexity index is 625. The fraction of sp³-hybridized carbons (Fsp3) is 0.545. The van der Waals surface area contributed by atoms with Crippen LogP contribution in [0.3, 0.4) is 0 Å². The lowest BCUT2D eigenvalue weighted by atomic mass is 10.1. The van der Waals surface area contributed by atoms with Crippen LogP contribution in [0.15, 0.2) is 15.8 Å². The molecule has 0 aliphatic carbocycles. The summed E-state index contributed by atoms with van der Waals surface area (Å²) in [6, 6.07) is 0. The number of rotatable bonds is 5. The first-order chi connectivity index (χ1) is 10.0. The zero-order chi connectivity index (χ0) is 15.6. The minimum atomic E-state index is -1.15. The molecule has 4 N–H and O–H groups in total. The number of aromatic nitrogens is 2. The van der Waals surface area contributed by atoms with E-state index >= 15 is 0 Å². The third-order valence-electron chi connectivity index (χ3n) is 3.22. The number of ether oxygens (including phenoxy) is 2. The molecule has 0 aromatic carbocycles. The number of methoxy groups -OCH3 is 1. The number of anilines is 1. The van der Waals surface area contributed by atoms with Crippen LogP contribution in [-0.2, 0) is 14.3 Å². The molecule has 0 spiro atoms. The van der Waals surface area contributed by atoms with Gasteiger partial charge in [0.25, 0.3) is 5.56 Å². The summed E-state index contributed by atoms with van der Waals surface area (Å²) in [5.41, 5.74) is -1.73. The summed E-state index contributed by atoms with van der Waals surface area (Å²) in [4.78, 5) is 35.8. The van der Waals surface area contributed by atoms with Gasteiger partial charge in [0.2, 0.25) is 6.41 Å². The molecule has 1 aliphatic rings. The third-order valence-corrected chi connectivity index (χ3v) is 3.22. The van der Waals surface area contributed by atoms with Crippen molar-refractivity contribution < 1.29 is 24.5 Å². The first-order valence-electron chi connectivity index (χ1n) is 6.06. The van der Waals surface area contributed by atoms with Crippen molar-refractivity contribution >= 4 is 12.1 Å². The van der Waals surface area contributed by atoms with Crippen LogP contribution in [0.5, 0.6) is 0 Å². The number of nitrogens with zero attached hydrogens (tertiary/aromatic N) is 1. The normalized spacial score (nSPS) is 28.5. The minimum Gasteiger partial charge on any atom is -0.394 e. The van der Waals surface area contributed by atoms with E-state index in [9.17, 15) is 19.5 Å². The van der Waals surface area contributed by atoms with Gasteiger partial charge in [-0.25, -0.2) is 4.79 Å². The Hall–Kier alpha value is -2.01. The maximum Gasteiger partial charge on any atom is 0.330 e. The summed E-state index contributed by atoms with van der Waals surface area (Å²) in [5.74, 6) is 0. The fourth-order valence-corrected chi connectivity index (χ4v) is 2.19. The predicted molar refractivity (Wildman–Crippen MR) is 68.8 cm³/mol. The van der Waals surface area contributed by atoms with Gasteiger partial charge in [0, 0.05) is 13.3 Å². The molecule has 21 heavy (non-hydrogen) atoms. The number of hydrogen-bond acceptors (Lipinski definition) is 7. The van der Waals surface area contributed by atoms with Gasteiger partial charge in [0.1, 0.15) is 24.0 Å². The molecule has 116 valence electrons. The summed E-state index contributed by atoms with van der Waals surface area (Å²) in [7, 11) is 1.31. The number of nitrogens with one attached hydrogen (secondary N) is 2. The number of hydrogen-bond donors (Lipinski definition) is 4. The van der Waals surface area contributed by atoms with Gasteiger partial charge in [-0.2, -0.15) is 0 Å². The number of aromatic amines is 1. The van der Waals surface area contributed by atoms with Crippen LogP contribution < -0.4 is 16.6 Å². The molecule has 0 saturated carbocycles. The molecule has 0 unspecified atom stereocenters. The van der Waals surface area contributed by atoms with Gasteiger partial charge in [-0.3, -0.25) is 19.1 Å². The minimum absolute atomic E-state index is 0.162. The quantitative estimate of drug-likeness (QED) is 0.436. The molecule has 10 heteroatoms. The molecule has 0 radical (unpaired) electrons. The van der Waals surface area contributed by atoms with Crippen molar-refractivity contribution in [2.75, 3.05) is 19.0 Å². The van der Waals surface area contributed by atoms with E-state index in [-0.39, 0.29) is 12.1 Å². The molecule has 1 fully saturated rings. The van der Waals surface area contributed by atoms with Crippen molar-refractivity contribution in [3.63, 3.8) is 0 Å². The lowest BCUT2D eigenvalue weighted by Gasteiger charge is -2.20. The lowest BCUT2D eigenvalue weighted by Crippen LogP contribution is -2.39. The Labute approximate surface area is 117 Å². The maximum absolute atomic E-state index is 11.9. The highest BCUT2D eigenvalue weighted by atomic mass is 16.6. The highest BCUT2D eigenvalue weighted by molar-refractivity contribution is 5.69. The Kier molecular flexibility index (Phi) is 4.53. The van der Waals surface area contributed by atoms with E-state index in [0.29, 0.717) is 0 Å². The first-order valence-corrected chi connectivity index (χ1v) is 6.06. The molecule has 1 aromatic rings. The molecule has 1 saturated heterocycles. The van der Waals surface area contributed by atoms with Gasteiger partial charge in [0.15, 0.2) is 6.23 Å². The van der Waals surface area contributed by atoms with Crippen molar-refractivity contribution in [2.24, 2.45) is 0 Å². The molecule has 4 atom stereocenters. The van der Waals surface area contributed by atoms with Crippen LogP contribution in [0.4, 0.5) is 5.69 Å². The van der Waals surface area contributed by atoms with E-state index in [1.54, 1.807) is 0 Å². The van der Waals surface area contributed by atoms with Crippen molar-refractivity contribution in [1.29, 1.82) is 0 Å². The monoisotopic (exact) mass is 301 g/mol. The van der Waals surface area contributed by atoms with Gasteiger partial charge in [-0.15, -0.1) is 0 Å². The van der Waals surface area contributed by atoms with Gasteiger partial charge in [-0.05, 0) is 0 Å². The van der Waals surface area contributed by atoms with E-state index in [0.717, 1.165) is 10.8 Å². The summed E-state index contributed by atoms with van der Waals surface area (Å²) in [5, 5.41) is 21.2. The molecular formula is C11H15N3O7. The first kappa shape index (κ1) is 15.4. The summed E-state index contributed by atoms with van der Waals surface area (Å²) in [6.07, 6.45) is -2.69. The summed E-state index contributed by atoms with van der Waals surface area (Å²) < 4.78 is 11.4. The van der Waals surface area contributed by atoms with Gasteiger partial charge < -0.3 is 25.0 Å². The average molecular weight is 301 g/mol. The maximum atomic E-state index is 11.9. The fourth-order valence-electron chi connectivity index (χ4n) is 2.19. The lowest BCUT2D eigenvalue weighted by molar-refractivity contribution is -0.105. The highest BCUT2D eigenvalue weighted by Crippen LogP contribution is 2.30. The second kappa shape index (κ2) is 6.18. The van der Waals surface area contributed by atoms with Crippen LogP contribution in [0, 0.1) is 0 Å². The number of aliphatic hydroxyl groups is 2. The van der Waals surface area contributed by atoms with Crippen molar-refractivity contribution in [3.05, 3.63) is 27.0 Å². The van der Waals surface area contributed by atoms with E-state index in [1.165, 1.54) is 7.11 Å². The van der Waals surface area contributed by atoms with Crippen molar-refractivity contribution in [3.8, 4) is 0 Å². The Morgan fingerprint density at radius 2 is 2.29 bits per heavy atom. The van der Waals surface area contributed by atoms with Crippen LogP contribution in [0.2, 0.25) is 0 Å². The molecule has 1 amide bonds. The predicted octanol–water partition coefficient (Wildman–Crippen LogP) is -2.63. The number of H-pyrrole nitrogens is 1. The van der Waals surface area contributed by atoms with E-state index in [2.05, 4.69) is 5.32 Å². The van der Waals surface area contributed by atoms with Crippen LogP contribution in [0.25, 0.3) is 0 Å². The van der Waals surface area contributed by atoms with E-state index in [4.69, 9.17) is 14.6 Å². The Morgan fingerprint density at radius 3 is 2.86 bits per heavy atom. The van der Waals surface area contributed by atoms with Gasteiger partial charge in [0.05, 0.1) is 6.61 Å². The highest BCUT2D eigenvalue weighted by Gasteiger charge is 2.45. The third kappa shape index (κ3) is 2.74. The largest absolute Gasteiger partial charge is 0.394 e. The Balaban J connectivity index is 2.45. The standard InChI is InChI=1S/C11H15N3O7/c1-20-8-7(17)6(3-15)21-10(8)14-2-5(12-4-16)9(18)13-11(14)19/h2,4,6-8,10,15,17H,3H2,1H3,(H,12,16)(H,13,18,19)/t6-,7+,8-,10-/m1/s1. The average Bonchev–Trinajstić information content (AvgIpc) is 2.78. The van der Waals surface area contributed by atoms with Gasteiger partial charge in [-0.1, -0.05) is 0 Å². The SMILES string of the molecule is CO[C@@H]1[C@@H](O)[C@@H](CO)O[C@H]1n1cc(NC=O)c(=O)[nH]c1=O. The second-order valence-corrected chi connectivity index (χ2v) is 4.41. The Morgan fingerprint density at radius 1 is 1.57 bits per heavy atom. The van der Waals surface area contributed by atoms with Crippen molar-refractivity contribution in [2.45, 2.75) is 24.5 Å². The van der Waals surface area contributed by atoms with Gasteiger partial charge >= 0.3 is 5.69 Å². The molecule has 2 heterocycles. The number of amides is 1. The molecule has 1 aliphatic heterocycles. The topological polar surface area (TPSA) is 143 Å². The van der Waals surface area contributed by atoms with E-state index in [1.807, 2.05) is 4.98 Å². The molecule has 2 rings (SSSR count). The molecule has 1 aromatic heterocycles. The van der Waals surface area contributed by atoms with Crippen LogP contribution in [-0.4, -0.2) is 58.2 Å². The molecular weight excluding hydrogens is 286 g/mol. The van der Waals surface area contributed by atoms with Crippen molar-refractivity contribution in [1.82, 2.24) is 9.55 Å². The smallest absolute Gasteiger partial charge is 0.330 e. The zero-order valence-electron chi connectivity index (χ0n) is 11.1. The van der Waals surface area contributed by atoms with E-state index < -0.39 is 42.4 Å².